The van der Waals surface area contributed by atoms with Crippen molar-refractivity contribution in [3.05, 3.63) is 94.0 Å². The minimum atomic E-state index is -4.15. The molecule has 1 fully saturated rings. The van der Waals surface area contributed by atoms with E-state index in [-0.39, 0.29) is 29.1 Å². The lowest BCUT2D eigenvalue weighted by atomic mass is 10.1. The van der Waals surface area contributed by atoms with Crippen molar-refractivity contribution < 1.29 is 18.0 Å². The Morgan fingerprint density at radius 1 is 0.976 bits per heavy atom. The van der Waals surface area contributed by atoms with E-state index in [9.17, 15) is 18.0 Å². The molecule has 3 aromatic carbocycles. The second-order valence-electron chi connectivity index (χ2n) is 10.3. The van der Waals surface area contributed by atoms with Crippen molar-refractivity contribution in [3.8, 4) is 0 Å². The number of hydrogen-bond acceptors (Lipinski definition) is 4. The maximum atomic E-state index is 14.2. The third-order valence-electron chi connectivity index (χ3n) is 7.41. The van der Waals surface area contributed by atoms with Crippen LogP contribution in [0.15, 0.2) is 77.7 Å². The Morgan fingerprint density at radius 3 is 2.24 bits per heavy atom. The smallest absolute Gasteiger partial charge is 0.264 e. The third kappa shape index (κ3) is 7.61. The second-order valence-corrected chi connectivity index (χ2v) is 13.0. The fourth-order valence-corrected chi connectivity index (χ4v) is 6.79. The van der Waals surface area contributed by atoms with Crippen molar-refractivity contribution >= 4 is 50.7 Å². The van der Waals surface area contributed by atoms with Crippen LogP contribution in [0.2, 0.25) is 10.0 Å². The minimum Gasteiger partial charge on any atom is -0.352 e. The van der Waals surface area contributed by atoms with Crippen LogP contribution in [0.1, 0.15) is 50.2 Å². The molecule has 1 saturated carbocycles. The predicted molar refractivity (Wildman–Crippen MR) is 164 cm³/mol. The molecule has 1 aliphatic rings. The molecule has 1 atom stereocenters. The Hall–Kier alpha value is -3.07. The van der Waals surface area contributed by atoms with E-state index in [1.54, 1.807) is 54.6 Å². The van der Waals surface area contributed by atoms with Gasteiger partial charge in [0, 0.05) is 22.6 Å². The molecular formula is C31H35Cl2N3O4S. The molecular weight excluding hydrogens is 581 g/mol. The number of carbonyl (C=O) groups excluding carboxylic acids is 2. The molecule has 7 nitrogen and oxygen atoms in total. The summed E-state index contributed by atoms with van der Waals surface area (Å²) >= 11 is 12.5. The average molecular weight is 617 g/mol. The van der Waals surface area contributed by atoms with Crippen LogP contribution in [0.5, 0.6) is 0 Å². The van der Waals surface area contributed by atoms with Gasteiger partial charge in [0.15, 0.2) is 0 Å². The first kappa shape index (κ1) is 30.9. The van der Waals surface area contributed by atoms with Gasteiger partial charge in [0.25, 0.3) is 10.0 Å². The van der Waals surface area contributed by atoms with Gasteiger partial charge in [0.1, 0.15) is 12.6 Å². The van der Waals surface area contributed by atoms with Gasteiger partial charge < -0.3 is 10.2 Å². The number of benzene rings is 3. The van der Waals surface area contributed by atoms with Crippen LogP contribution in [-0.4, -0.2) is 43.8 Å². The number of aryl methyl sites for hydroxylation is 1. The number of carbonyl (C=O) groups is 2. The molecule has 0 aromatic heterocycles. The molecule has 0 saturated heterocycles. The highest BCUT2D eigenvalue weighted by Gasteiger charge is 2.34. The standard InChI is InChI=1S/C31H35Cl2N3O4S/c1-3-29(31(38)34-25-9-7-8-10-25)35(20-23-14-16-24(32)17-15-23)30(37)21-36(26-18-13-22(2)28(33)19-26)41(39,40)27-11-5-4-6-12-27/h4-6,11-19,25,29H,3,7-10,20-21H2,1-2H3,(H,34,38)/t29-/m1/s1. The lowest BCUT2D eigenvalue weighted by Crippen LogP contribution is -2.53. The summed E-state index contributed by atoms with van der Waals surface area (Å²) in [7, 11) is -4.15. The molecule has 41 heavy (non-hydrogen) atoms. The summed E-state index contributed by atoms with van der Waals surface area (Å²) in [6.07, 6.45) is 4.29. The monoisotopic (exact) mass is 615 g/mol. The molecule has 4 rings (SSSR count). The van der Waals surface area contributed by atoms with Gasteiger partial charge in [0.05, 0.1) is 10.6 Å². The molecule has 0 bridgehead atoms. The minimum absolute atomic E-state index is 0.0415. The molecule has 0 heterocycles. The number of nitrogens with one attached hydrogen (secondary N) is 1. The molecule has 10 heteroatoms. The topological polar surface area (TPSA) is 86.8 Å². The van der Waals surface area contributed by atoms with Crippen molar-refractivity contribution in [3.63, 3.8) is 0 Å². The Kier molecular flexibility index (Phi) is 10.3. The molecule has 1 aliphatic carbocycles. The van der Waals surface area contributed by atoms with Crippen molar-refractivity contribution in [1.82, 2.24) is 10.2 Å². The number of amides is 2. The van der Waals surface area contributed by atoms with Gasteiger partial charge >= 0.3 is 0 Å². The number of sulfonamides is 1. The number of rotatable bonds is 11. The van der Waals surface area contributed by atoms with E-state index in [4.69, 9.17) is 23.2 Å². The van der Waals surface area contributed by atoms with E-state index < -0.39 is 28.5 Å². The highest BCUT2D eigenvalue weighted by molar-refractivity contribution is 7.92. The summed E-state index contributed by atoms with van der Waals surface area (Å²) in [5.74, 6) is -0.748. The van der Waals surface area contributed by atoms with Gasteiger partial charge in [-0.05, 0) is 73.7 Å². The zero-order chi connectivity index (χ0) is 29.6. The summed E-state index contributed by atoms with van der Waals surface area (Å²) in [5.41, 5.74) is 1.80. The van der Waals surface area contributed by atoms with Crippen LogP contribution in [0, 0.1) is 6.92 Å². The number of anilines is 1. The summed E-state index contributed by atoms with van der Waals surface area (Å²) in [6, 6.07) is 19.1. The van der Waals surface area contributed by atoms with Gasteiger partial charge in [-0.3, -0.25) is 13.9 Å². The lowest BCUT2D eigenvalue weighted by Gasteiger charge is -2.34. The molecule has 0 aliphatic heterocycles. The van der Waals surface area contributed by atoms with Gasteiger partial charge in [-0.2, -0.15) is 0 Å². The van der Waals surface area contributed by atoms with Crippen LogP contribution in [0.25, 0.3) is 0 Å². The summed E-state index contributed by atoms with van der Waals surface area (Å²) < 4.78 is 28.9. The molecule has 0 unspecified atom stereocenters. The fraction of sp³-hybridized carbons (Fsp3) is 0.355. The SMILES string of the molecule is CC[C@H](C(=O)NC1CCCC1)N(Cc1ccc(Cl)cc1)C(=O)CN(c1ccc(C)c(Cl)c1)S(=O)(=O)c1ccccc1. The molecule has 3 aromatic rings. The van der Waals surface area contributed by atoms with Crippen LogP contribution in [-0.2, 0) is 26.2 Å². The van der Waals surface area contributed by atoms with Crippen molar-refractivity contribution in [1.29, 1.82) is 0 Å². The highest BCUT2D eigenvalue weighted by atomic mass is 35.5. The van der Waals surface area contributed by atoms with Crippen LogP contribution in [0.3, 0.4) is 0 Å². The summed E-state index contributed by atoms with van der Waals surface area (Å²) in [5, 5.41) is 4.04. The average Bonchev–Trinajstić information content (AvgIpc) is 3.47. The van der Waals surface area contributed by atoms with E-state index in [2.05, 4.69) is 5.32 Å². The molecule has 0 spiro atoms. The van der Waals surface area contributed by atoms with E-state index in [1.165, 1.54) is 23.1 Å². The van der Waals surface area contributed by atoms with E-state index >= 15 is 0 Å². The van der Waals surface area contributed by atoms with Gasteiger partial charge in [0.2, 0.25) is 11.8 Å². The Bertz CT molecular complexity index is 1460. The maximum absolute atomic E-state index is 14.2. The van der Waals surface area contributed by atoms with Gasteiger partial charge in [-0.1, -0.05) is 79.4 Å². The van der Waals surface area contributed by atoms with Crippen molar-refractivity contribution in [2.45, 2.75) is 69.5 Å². The normalized spacial score (nSPS) is 14.4. The van der Waals surface area contributed by atoms with Crippen LogP contribution >= 0.6 is 23.2 Å². The number of nitrogens with zero attached hydrogens (tertiary/aromatic N) is 2. The van der Waals surface area contributed by atoms with Gasteiger partial charge in [-0.15, -0.1) is 0 Å². The zero-order valence-electron chi connectivity index (χ0n) is 23.2. The summed E-state index contributed by atoms with van der Waals surface area (Å²) in [4.78, 5) is 29.2. The first-order valence-corrected chi connectivity index (χ1v) is 16.0. The van der Waals surface area contributed by atoms with Crippen LogP contribution in [0.4, 0.5) is 5.69 Å². The lowest BCUT2D eigenvalue weighted by molar-refractivity contribution is -0.140. The number of hydrogen-bond donors (Lipinski definition) is 1. The zero-order valence-corrected chi connectivity index (χ0v) is 25.6. The van der Waals surface area contributed by atoms with Crippen molar-refractivity contribution in [2.24, 2.45) is 0 Å². The third-order valence-corrected chi connectivity index (χ3v) is 9.85. The molecule has 0 radical (unpaired) electrons. The summed E-state index contributed by atoms with van der Waals surface area (Å²) in [6.45, 7) is 3.26. The van der Waals surface area contributed by atoms with Crippen molar-refractivity contribution in [2.75, 3.05) is 10.8 Å². The van der Waals surface area contributed by atoms with E-state index in [1.807, 2.05) is 13.8 Å². The maximum Gasteiger partial charge on any atom is 0.264 e. The van der Waals surface area contributed by atoms with Gasteiger partial charge in [-0.25, -0.2) is 8.42 Å². The second kappa shape index (κ2) is 13.7. The van der Waals surface area contributed by atoms with E-state index in [0.717, 1.165) is 41.1 Å². The first-order valence-electron chi connectivity index (χ1n) is 13.8. The molecule has 1 N–H and O–H groups in total. The highest BCUT2D eigenvalue weighted by Crippen LogP contribution is 2.29. The van der Waals surface area contributed by atoms with E-state index in [0.29, 0.717) is 16.5 Å². The quantitative estimate of drug-likeness (QED) is 0.272. The molecule has 218 valence electrons. The largest absolute Gasteiger partial charge is 0.352 e. The Balaban J connectivity index is 1.72. The predicted octanol–water partition coefficient (Wildman–Crippen LogP) is 6.36. The van der Waals surface area contributed by atoms with Crippen LogP contribution < -0.4 is 9.62 Å². The Morgan fingerprint density at radius 2 is 1.63 bits per heavy atom. The molecule has 2 amide bonds. The fourth-order valence-electron chi connectivity index (χ4n) is 5.06. The number of halogens is 2. The first-order chi connectivity index (χ1) is 19.6. The Labute approximate surface area is 252 Å².